The first-order chi connectivity index (χ1) is 12.6. The fourth-order valence-corrected chi connectivity index (χ4v) is 3.05. The second-order valence-corrected chi connectivity index (χ2v) is 6.75. The maximum atomic E-state index is 12.1. The van der Waals surface area contributed by atoms with Crippen LogP contribution in [0.25, 0.3) is 5.69 Å². The Hall–Kier alpha value is -2.93. The van der Waals surface area contributed by atoms with Crippen LogP contribution in [0.4, 0.5) is 0 Å². The second kappa shape index (κ2) is 8.44. The van der Waals surface area contributed by atoms with E-state index in [1.165, 1.54) is 11.3 Å². The first-order valence-electron chi connectivity index (χ1n) is 8.35. The summed E-state index contributed by atoms with van der Waals surface area (Å²) in [6.45, 7) is 2.13. The van der Waals surface area contributed by atoms with Gasteiger partial charge in [0.05, 0.1) is 16.3 Å². The van der Waals surface area contributed by atoms with Gasteiger partial charge in [-0.2, -0.15) is 5.10 Å². The third-order valence-corrected chi connectivity index (χ3v) is 4.70. The fourth-order valence-electron chi connectivity index (χ4n) is 2.43. The van der Waals surface area contributed by atoms with E-state index in [0.29, 0.717) is 17.8 Å². The van der Waals surface area contributed by atoms with Crippen LogP contribution >= 0.6 is 11.3 Å². The molecule has 3 rings (SSSR count). The van der Waals surface area contributed by atoms with Crippen molar-refractivity contribution in [2.75, 3.05) is 6.54 Å². The second-order valence-electron chi connectivity index (χ2n) is 5.80. The molecule has 6 nitrogen and oxygen atoms in total. The van der Waals surface area contributed by atoms with Gasteiger partial charge in [0.25, 0.3) is 5.91 Å². The summed E-state index contributed by atoms with van der Waals surface area (Å²) in [6.07, 6.45) is 2.52. The van der Waals surface area contributed by atoms with Crippen molar-refractivity contribution in [2.24, 2.45) is 0 Å². The molecule has 2 aromatic heterocycles. The van der Waals surface area contributed by atoms with Gasteiger partial charge < -0.3 is 10.6 Å². The lowest BCUT2D eigenvalue weighted by Gasteiger charge is -2.13. The summed E-state index contributed by atoms with van der Waals surface area (Å²) in [5.74, 6) is -0.443. The fraction of sp³-hybridized carbons (Fsp3) is 0.211. The van der Waals surface area contributed by atoms with Crippen molar-refractivity contribution in [2.45, 2.75) is 19.4 Å². The smallest absolute Gasteiger partial charge is 0.261 e. The summed E-state index contributed by atoms with van der Waals surface area (Å²) < 4.78 is 1.81. The average Bonchev–Trinajstić information content (AvgIpc) is 3.34. The molecular weight excluding hydrogens is 348 g/mol. The molecule has 2 amide bonds. The van der Waals surface area contributed by atoms with E-state index in [1.807, 2.05) is 48.0 Å². The Balaban J connectivity index is 1.45. The van der Waals surface area contributed by atoms with Crippen LogP contribution in [0, 0.1) is 0 Å². The number of amides is 2. The summed E-state index contributed by atoms with van der Waals surface area (Å²) in [7, 11) is 0. The highest BCUT2D eigenvalue weighted by Gasteiger charge is 2.16. The Morgan fingerprint density at radius 2 is 1.96 bits per heavy atom. The Morgan fingerprint density at radius 3 is 2.69 bits per heavy atom. The number of carbonyl (C=O) groups excluding carboxylic acids is 2. The predicted octanol–water partition coefficient (Wildman–Crippen LogP) is 2.41. The molecule has 0 saturated heterocycles. The van der Waals surface area contributed by atoms with Gasteiger partial charge in [0.15, 0.2) is 0 Å². The zero-order valence-electron chi connectivity index (χ0n) is 14.4. The Bertz CT molecular complexity index is 859. The van der Waals surface area contributed by atoms with Crippen molar-refractivity contribution in [3.63, 3.8) is 0 Å². The standard InChI is InChI=1S/C19H20N4O2S/c1-14(21-19(25)17-8-5-13-26-17)18(24)20-11-9-15-10-12-23(22-15)16-6-3-2-4-7-16/h2-8,10,12-14H,9,11H2,1H3,(H,20,24)(H,21,25)/t14-/m0/s1. The minimum atomic E-state index is -0.591. The van der Waals surface area contributed by atoms with E-state index < -0.39 is 6.04 Å². The largest absolute Gasteiger partial charge is 0.354 e. The molecule has 3 aromatic rings. The molecule has 0 aliphatic carbocycles. The number of nitrogens with zero attached hydrogens (tertiary/aromatic N) is 2. The van der Waals surface area contributed by atoms with Gasteiger partial charge in [0.1, 0.15) is 6.04 Å². The number of rotatable bonds is 7. The molecule has 0 radical (unpaired) electrons. The molecule has 0 aliphatic heterocycles. The van der Waals surface area contributed by atoms with Gasteiger partial charge in [-0.1, -0.05) is 24.3 Å². The highest BCUT2D eigenvalue weighted by Crippen LogP contribution is 2.08. The SMILES string of the molecule is C[C@H](NC(=O)c1cccs1)C(=O)NCCc1ccn(-c2ccccc2)n1. The van der Waals surface area contributed by atoms with Gasteiger partial charge >= 0.3 is 0 Å². The van der Waals surface area contributed by atoms with Gasteiger partial charge in [0, 0.05) is 19.2 Å². The first kappa shape index (κ1) is 17.9. The maximum Gasteiger partial charge on any atom is 0.261 e. The lowest BCUT2D eigenvalue weighted by Crippen LogP contribution is -2.45. The van der Waals surface area contributed by atoms with Crippen molar-refractivity contribution < 1.29 is 9.59 Å². The monoisotopic (exact) mass is 368 g/mol. The van der Waals surface area contributed by atoms with E-state index in [2.05, 4.69) is 15.7 Å². The Kier molecular flexibility index (Phi) is 5.80. The third-order valence-electron chi connectivity index (χ3n) is 3.83. The van der Waals surface area contributed by atoms with E-state index >= 15 is 0 Å². The number of benzene rings is 1. The van der Waals surface area contributed by atoms with Crippen LogP contribution in [0.1, 0.15) is 22.3 Å². The van der Waals surface area contributed by atoms with Crippen molar-refractivity contribution in [3.05, 3.63) is 70.7 Å². The summed E-state index contributed by atoms with van der Waals surface area (Å²) in [5, 5.41) is 11.9. The average molecular weight is 368 g/mol. The molecule has 1 atom stereocenters. The van der Waals surface area contributed by atoms with E-state index in [0.717, 1.165) is 11.4 Å². The topological polar surface area (TPSA) is 76.0 Å². The summed E-state index contributed by atoms with van der Waals surface area (Å²) in [6, 6.07) is 14.7. The lowest BCUT2D eigenvalue weighted by molar-refractivity contribution is -0.122. The normalized spacial score (nSPS) is 11.7. The Morgan fingerprint density at radius 1 is 1.15 bits per heavy atom. The van der Waals surface area contributed by atoms with Gasteiger partial charge in [-0.05, 0) is 36.6 Å². The van der Waals surface area contributed by atoms with Crippen LogP contribution in [0.2, 0.25) is 0 Å². The molecule has 2 heterocycles. The molecule has 0 fully saturated rings. The molecule has 0 saturated carbocycles. The summed E-state index contributed by atoms with van der Waals surface area (Å²) >= 11 is 1.35. The first-order valence-corrected chi connectivity index (χ1v) is 9.23. The zero-order chi connectivity index (χ0) is 18.4. The molecule has 2 N–H and O–H groups in total. The predicted molar refractivity (Wildman–Crippen MR) is 102 cm³/mol. The molecule has 0 aliphatic rings. The summed E-state index contributed by atoms with van der Waals surface area (Å²) in [5.41, 5.74) is 1.89. The molecule has 1 aromatic carbocycles. The minimum absolute atomic E-state index is 0.211. The third kappa shape index (κ3) is 4.58. The number of hydrogen-bond donors (Lipinski definition) is 2. The lowest BCUT2D eigenvalue weighted by atomic mass is 10.2. The number of hydrogen-bond acceptors (Lipinski definition) is 4. The van der Waals surface area contributed by atoms with Crippen LogP contribution in [0.15, 0.2) is 60.1 Å². The van der Waals surface area contributed by atoms with E-state index in [4.69, 9.17) is 0 Å². The van der Waals surface area contributed by atoms with Gasteiger partial charge in [0.2, 0.25) is 5.91 Å². The van der Waals surface area contributed by atoms with Crippen molar-refractivity contribution in [3.8, 4) is 5.69 Å². The number of aromatic nitrogens is 2. The van der Waals surface area contributed by atoms with Crippen molar-refractivity contribution >= 4 is 23.2 Å². The molecular formula is C19H20N4O2S. The van der Waals surface area contributed by atoms with Crippen molar-refractivity contribution in [1.29, 1.82) is 0 Å². The Labute approximate surface area is 155 Å². The summed E-state index contributed by atoms with van der Waals surface area (Å²) in [4.78, 5) is 24.7. The molecule has 134 valence electrons. The van der Waals surface area contributed by atoms with Crippen LogP contribution in [-0.2, 0) is 11.2 Å². The molecule has 26 heavy (non-hydrogen) atoms. The quantitative estimate of drug-likeness (QED) is 0.672. The molecule has 0 unspecified atom stereocenters. The number of para-hydroxylation sites is 1. The van der Waals surface area contributed by atoms with E-state index in [9.17, 15) is 9.59 Å². The molecule has 0 bridgehead atoms. The zero-order valence-corrected chi connectivity index (χ0v) is 15.2. The van der Waals surface area contributed by atoms with Crippen LogP contribution in [-0.4, -0.2) is 34.2 Å². The van der Waals surface area contributed by atoms with E-state index in [-0.39, 0.29) is 11.8 Å². The van der Waals surface area contributed by atoms with Crippen LogP contribution in [0.5, 0.6) is 0 Å². The van der Waals surface area contributed by atoms with E-state index in [1.54, 1.807) is 23.7 Å². The highest BCUT2D eigenvalue weighted by molar-refractivity contribution is 7.12. The van der Waals surface area contributed by atoms with Crippen molar-refractivity contribution in [1.82, 2.24) is 20.4 Å². The van der Waals surface area contributed by atoms with Gasteiger partial charge in [-0.15, -0.1) is 11.3 Å². The van der Waals surface area contributed by atoms with Gasteiger partial charge in [-0.25, -0.2) is 4.68 Å². The number of nitrogens with one attached hydrogen (secondary N) is 2. The molecule has 0 spiro atoms. The molecule has 7 heteroatoms. The minimum Gasteiger partial charge on any atom is -0.354 e. The number of carbonyl (C=O) groups is 2. The van der Waals surface area contributed by atoms with Gasteiger partial charge in [-0.3, -0.25) is 9.59 Å². The highest BCUT2D eigenvalue weighted by atomic mass is 32.1. The maximum absolute atomic E-state index is 12.1. The van der Waals surface area contributed by atoms with Crippen LogP contribution in [0.3, 0.4) is 0 Å². The number of thiophene rings is 1. The van der Waals surface area contributed by atoms with Crippen LogP contribution < -0.4 is 10.6 Å².